The highest BCUT2D eigenvalue weighted by Crippen LogP contribution is 2.06. The molecule has 2 N–H and O–H groups in total. The summed E-state index contributed by atoms with van der Waals surface area (Å²) in [5.74, 6) is 0.840. The van der Waals surface area contributed by atoms with Crippen molar-refractivity contribution in [2.45, 2.75) is 13.0 Å². The number of nitrogens with one attached hydrogen (secondary N) is 2. The molecule has 1 fully saturated rings. The maximum absolute atomic E-state index is 5.57. The fourth-order valence-electron chi connectivity index (χ4n) is 1.54. The summed E-state index contributed by atoms with van der Waals surface area (Å²) in [5.41, 5.74) is 0.918. The lowest BCUT2D eigenvalue weighted by Crippen LogP contribution is -2.42. The summed E-state index contributed by atoms with van der Waals surface area (Å²) in [4.78, 5) is 8.37. The van der Waals surface area contributed by atoms with Crippen LogP contribution in [0.5, 0.6) is 0 Å². The van der Waals surface area contributed by atoms with Gasteiger partial charge in [0.25, 0.3) is 0 Å². The van der Waals surface area contributed by atoms with E-state index < -0.39 is 0 Å². The number of anilines is 1. The average Bonchev–Trinajstić information content (AvgIpc) is 2.29. The standard InChI is InChI=1S/C10H16N4O/c1-8-10(13-3-2-12-8)14-7-9-6-11-4-5-15-9/h2-3,9,11H,4-7H2,1H3,(H,13,14). The van der Waals surface area contributed by atoms with Gasteiger partial charge in [0.15, 0.2) is 0 Å². The quantitative estimate of drug-likeness (QED) is 0.742. The molecular weight excluding hydrogens is 192 g/mol. The molecule has 82 valence electrons. The molecule has 2 heterocycles. The highest BCUT2D eigenvalue weighted by Gasteiger charge is 2.13. The molecule has 15 heavy (non-hydrogen) atoms. The Morgan fingerprint density at radius 2 is 2.40 bits per heavy atom. The highest BCUT2D eigenvalue weighted by molar-refractivity contribution is 5.38. The van der Waals surface area contributed by atoms with Crippen LogP contribution in [0.2, 0.25) is 0 Å². The monoisotopic (exact) mass is 208 g/mol. The van der Waals surface area contributed by atoms with Gasteiger partial charge in [-0.05, 0) is 6.92 Å². The van der Waals surface area contributed by atoms with E-state index in [0.29, 0.717) is 0 Å². The third kappa shape index (κ3) is 2.87. The van der Waals surface area contributed by atoms with E-state index in [1.165, 1.54) is 0 Å². The lowest BCUT2D eigenvalue weighted by atomic mass is 10.3. The molecule has 0 radical (unpaired) electrons. The first-order valence-corrected chi connectivity index (χ1v) is 5.20. The van der Waals surface area contributed by atoms with Crippen LogP contribution < -0.4 is 10.6 Å². The lowest BCUT2D eigenvalue weighted by Gasteiger charge is -2.24. The van der Waals surface area contributed by atoms with Crippen LogP contribution in [0, 0.1) is 6.92 Å². The Bertz CT molecular complexity index is 312. The maximum Gasteiger partial charge on any atom is 0.147 e. The van der Waals surface area contributed by atoms with Crippen molar-refractivity contribution in [3.8, 4) is 0 Å². The van der Waals surface area contributed by atoms with Gasteiger partial charge in [0.1, 0.15) is 5.82 Å². The van der Waals surface area contributed by atoms with Gasteiger partial charge in [-0.3, -0.25) is 4.98 Å². The third-order valence-electron chi connectivity index (χ3n) is 2.38. The van der Waals surface area contributed by atoms with Crippen LogP contribution in [-0.2, 0) is 4.74 Å². The zero-order chi connectivity index (χ0) is 10.5. The fourth-order valence-corrected chi connectivity index (χ4v) is 1.54. The van der Waals surface area contributed by atoms with Crippen LogP contribution in [0.1, 0.15) is 5.69 Å². The second-order valence-electron chi connectivity index (χ2n) is 3.57. The van der Waals surface area contributed by atoms with E-state index in [2.05, 4.69) is 20.6 Å². The van der Waals surface area contributed by atoms with E-state index in [0.717, 1.165) is 37.8 Å². The second-order valence-corrected chi connectivity index (χ2v) is 3.57. The molecular formula is C10H16N4O. The normalized spacial score (nSPS) is 21.3. The predicted octanol–water partition coefficient (Wildman–Crippen LogP) is 0.185. The molecule has 0 amide bonds. The van der Waals surface area contributed by atoms with Gasteiger partial charge in [-0.25, -0.2) is 4.98 Å². The molecule has 1 saturated heterocycles. The van der Waals surface area contributed by atoms with Crippen molar-refractivity contribution < 1.29 is 4.74 Å². The summed E-state index contributed by atoms with van der Waals surface area (Å²) >= 11 is 0. The minimum atomic E-state index is 0.222. The molecule has 0 aromatic carbocycles. The smallest absolute Gasteiger partial charge is 0.147 e. The molecule has 0 spiro atoms. The summed E-state index contributed by atoms with van der Waals surface area (Å²) in [6.07, 6.45) is 3.61. The van der Waals surface area contributed by atoms with Crippen LogP contribution in [0.25, 0.3) is 0 Å². The number of ether oxygens (including phenoxy) is 1. The van der Waals surface area contributed by atoms with Crippen molar-refractivity contribution in [3.63, 3.8) is 0 Å². The largest absolute Gasteiger partial charge is 0.374 e. The molecule has 1 aromatic heterocycles. The van der Waals surface area contributed by atoms with Gasteiger partial charge in [0, 0.05) is 32.0 Å². The Morgan fingerprint density at radius 3 is 3.13 bits per heavy atom. The Morgan fingerprint density at radius 1 is 1.53 bits per heavy atom. The van der Waals surface area contributed by atoms with Crippen molar-refractivity contribution >= 4 is 5.82 Å². The van der Waals surface area contributed by atoms with Crippen LogP contribution in [0.15, 0.2) is 12.4 Å². The number of morpholine rings is 1. The van der Waals surface area contributed by atoms with Crippen molar-refractivity contribution in [2.75, 3.05) is 31.6 Å². The van der Waals surface area contributed by atoms with Crippen LogP contribution in [0.4, 0.5) is 5.82 Å². The average molecular weight is 208 g/mol. The third-order valence-corrected chi connectivity index (χ3v) is 2.38. The maximum atomic E-state index is 5.57. The van der Waals surface area contributed by atoms with Gasteiger partial charge in [-0.15, -0.1) is 0 Å². The van der Waals surface area contributed by atoms with Gasteiger partial charge in [0.2, 0.25) is 0 Å². The highest BCUT2D eigenvalue weighted by atomic mass is 16.5. The number of hydrogen-bond donors (Lipinski definition) is 2. The first-order valence-electron chi connectivity index (χ1n) is 5.20. The number of nitrogens with zero attached hydrogens (tertiary/aromatic N) is 2. The molecule has 0 bridgehead atoms. The van der Waals surface area contributed by atoms with E-state index in [9.17, 15) is 0 Å². The molecule has 1 atom stereocenters. The van der Waals surface area contributed by atoms with E-state index in [-0.39, 0.29) is 6.10 Å². The Labute approximate surface area is 89.3 Å². The van der Waals surface area contributed by atoms with E-state index >= 15 is 0 Å². The summed E-state index contributed by atoms with van der Waals surface area (Å²) < 4.78 is 5.57. The number of aromatic nitrogens is 2. The van der Waals surface area contributed by atoms with Gasteiger partial charge in [-0.1, -0.05) is 0 Å². The Balaban J connectivity index is 1.84. The second kappa shape index (κ2) is 5.04. The zero-order valence-corrected chi connectivity index (χ0v) is 8.86. The van der Waals surface area contributed by atoms with Gasteiger partial charge < -0.3 is 15.4 Å². The number of aryl methyl sites for hydroxylation is 1. The zero-order valence-electron chi connectivity index (χ0n) is 8.86. The van der Waals surface area contributed by atoms with Crippen LogP contribution in [0.3, 0.4) is 0 Å². The SMILES string of the molecule is Cc1nccnc1NCC1CNCCO1. The molecule has 2 rings (SSSR count). The lowest BCUT2D eigenvalue weighted by molar-refractivity contribution is 0.0372. The summed E-state index contributed by atoms with van der Waals surface area (Å²) in [5, 5.41) is 6.53. The first kappa shape index (κ1) is 10.3. The van der Waals surface area contributed by atoms with Crippen molar-refractivity contribution in [3.05, 3.63) is 18.1 Å². The van der Waals surface area contributed by atoms with Gasteiger partial charge in [0.05, 0.1) is 18.4 Å². The molecule has 1 aromatic rings. The van der Waals surface area contributed by atoms with Gasteiger partial charge >= 0.3 is 0 Å². The predicted molar refractivity (Wildman–Crippen MR) is 57.9 cm³/mol. The molecule has 0 aliphatic carbocycles. The molecule has 1 aliphatic heterocycles. The van der Waals surface area contributed by atoms with Crippen molar-refractivity contribution in [1.29, 1.82) is 0 Å². The van der Waals surface area contributed by atoms with Crippen LogP contribution in [-0.4, -0.2) is 42.3 Å². The Kier molecular flexibility index (Phi) is 3.47. The van der Waals surface area contributed by atoms with E-state index in [1.54, 1.807) is 12.4 Å². The van der Waals surface area contributed by atoms with Gasteiger partial charge in [-0.2, -0.15) is 0 Å². The molecule has 1 aliphatic rings. The van der Waals surface area contributed by atoms with Crippen molar-refractivity contribution in [2.24, 2.45) is 0 Å². The molecule has 5 heteroatoms. The molecule has 1 unspecified atom stereocenters. The fraction of sp³-hybridized carbons (Fsp3) is 0.600. The number of hydrogen-bond acceptors (Lipinski definition) is 5. The summed E-state index contributed by atoms with van der Waals surface area (Å²) in [6, 6.07) is 0. The Hall–Kier alpha value is -1.20. The molecule has 0 saturated carbocycles. The minimum Gasteiger partial charge on any atom is -0.374 e. The molecule has 5 nitrogen and oxygen atoms in total. The minimum absolute atomic E-state index is 0.222. The van der Waals surface area contributed by atoms with E-state index in [1.807, 2.05) is 6.92 Å². The first-order chi connectivity index (χ1) is 7.36. The van der Waals surface area contributed by atoms with Crippen molar-refractivity contribution in [1.82, 2.24) is 15.3 Å². The topological polar surface area (TPSA) is 59.1 Å². The van der Waals surface area contributed by atoms with E-state index in [4.69, 9.17) is 4.74 Å². The summed E-state index contributed by atoms with van der Waals surface area (Å²) in [7, 11) is 0. The van der Waals surface area contributed by atoms with Crippen LogP contribution >= 0.6 is 0 Å². The summed E-state index contributed by atoms with van der Waals surface area (Å²) in [6.45, 7) is 5.33. The number of rotatable bonds is 3.